The van der Waals surface area contributed by atoms with Gasteiger partial charge in [-0.2, -0.15) is 13.2 Å². The number of carbonyl (C=O) groups excluding carboxylic acids is 1. The maximum Gasteiger partial charge on any atom is 0.416 e. The summed E-state index contributed by atoms with van der Waals surface area (Å²) in [5.74, 6) is 5.18. The summed E-state index contributed by atoms with van der Waals surface area (Å²) in [7, 11) is 0. The normalized spacial score (nSPS) is 14.5. The zero-order valence-corrected chi connectivity index (χ0v) is 16.1. The molecule has 3 rings (SSSR count). The number of alkyl halides is 3. The van der Waals surface area contributed by atoms with Gasteiger partial charge in [0.05, 0.1) is 5.56 Å². The number of anilines is 1. The van der Waals surface area contributed by atoms with E-state index in [1.165, 1.54) is 12.1 Å². The zero-order valence-electron chi connectivity index (χ0n) is 15.3. The molecule has 7 heteroatoms. The van der Waals surface area contributed by atoms with E-state index in [0.29, 0.717) is 31.9 Å². The number of rotatable bonds is 1. The molecule has 0 saturated carbocycles. The van der Waals surface area contributed by atoms with Crippen LogP contribution >= 0.6 is 12.6 Å². The van der Waals surface area contributed by atoms with Gasteiger partial charge in [-0.25, -0.2) is 0 Å². The average Bonchev–Trinajstić information content (AvgIpc) is 2.67. The summed E-state index contributed by atoms with van der Waals surface area (Å²) in [5, 5.41) is 0. The topological polar surface area (TPSA) is 23.6 Å². The molecule has 0 spiro atoms. The van der Waals surface area contributed by atoms with E-state index in [9.17, 15) is 18.0 Å². The highest BCUT2D eigenvalue weighted by molar-refractivity contribution is 7.80. The van der Waals surface area contributed by atoms with Crippen molar-refractivity contribution in [2.24, 2.45) is 0 Å². The molecule has 1 saturated heterocycles. The monoisotopic (exact) mass is 404 g/mol. The van der Waals surface area contributed by atoms with Crippen molar-refractivity contribution in [3.05, 3.63) is 59.2 Å². The molecule has 28 heavy (non-hydrogen) atoms. The molecule has 1 heterocycles. The van der Waals surface area contributed by atoms with Crippen molar-refractivity contribution in [2.75, 3.05) is 31.1 Å². The molecule has 3 nitrogen and oxygen atoms in total. The number of nitrogens with zero attached hydrogens (tertiary/aromatic N) is 2. The number of carbonyl (C=O) groups is 1. The molecule has 2 aromatic carbocycles. The summed E-state index contributed by atoms with van der Waals surface area (Å²) < 4.78 is 39.0. The van der Waals surface area contributed by atoms with Crippen molar-refractivity contribution in [2.45, 2.75) is 18.0 Å². The standard InChI is InChI=1S/C21H19F3N2OS/c1-15-2-6-17(21(22,23)24)14-19(15)25-10-12-26(13-11-25)20(27)9-5-16-3-7-18(28)8-4-16/h2-4,6-8,14,28H,10-13H2,1H3. The summed E-state index contributed by atoms with van der Waals surface area (Å²) in [4.78, 5) is 16.6. The predicted octanol–water partition coefficient (Wildman–Crippen LogP) is 4.00. The largest absolute Gasteiger partial charge is 0.416 e. The highest BCUT2D eigenvalue weighted by Gasteiger charge is 2.31. The van der Waals surface area contributed by atoms with Crippen LogP contribution in [0.25, 0.3) is 0 Å². The van der Waals surface area contributed by atoms with Crippen molar-refractivity contribution in [3.8, 4) is 11.8 Å². The molecule has 1 aliphatic heterocycles. The minimum absolute atomic E-state index is 0.282. The predicted molar refractivity (Wildman–Crippen MR) is 106 cm³/mol. The third kappa shape index (κ3) is 4.82. The third-order valence-corrected chi connectivity index (χ3v) is 4.92. The van der Waals surface area contributed by atoms with Gasteiger partial charge in [0.2, 0.25) is 0 Å². The van der Waals surface area contributed by atoms with Gasteiger partial charge in [0.25, 0.3) is 5.91 Å². The molecule has 0 aliphatic carbocycles. The molecular formula is C21H19F3N2OS. The molecule has 2 aromatic rings. The molecule has 0 atom stereocenters. The lowest BCUT2D eigenvalue weighted by Gasteiger charge is -2.36. The van der Waals surface area contributed by atoms with Crippen molar-refractivity contribution in [1.29, 1.82) is 0 Å². The first-order valence-corrected chi connectivity index (χ1v) is 9.21. The molecule has 0 unspecified atom stereocenters. The van der Waals surface area contributed by atoms with E-state index in [1.54, 1.807) is 36.1 Å². The van der Waals surface area contributed by atoms with Crippen LogP contribution in [-0.2, 0) is 11.0 Å². The van der Waals surface area contributed by atoms with Crippen LogP contribution in [-0.4, -0.2) is 37.0 Å². The van der Waals surface area contributed by atoms with Crippen molar-refractivity contribution >= 4 is 24.2 Å². The van der Waals surface area contributed by atoms with Crippen LogP contribution in [0.4, 0.5) is 18.9 Å². The number of thiol groups is 1. The Labute approximate surface area is 167 Å². The molecule has 1 fully saturated rings. The second-order valence-electron chi connectivity index (χ2n) is 6.58. The van der Waals surface area contributed by atoms with Gasteiger partial charge in [0, 0.05) is 48.2 Å². The van der Waals surface area contributed by atoms with Gasteiger partial charge < -0.3 is 9.80 Å². The van der Waals surface area contributed by atoms with Crippen LogP contribution in [0.15, 0.2) is 47.4 Å². The Bertz CT molecular complexity index is 921. The number of piperazine rings is 1. The second-order valence-corrected chi connectivity index (χ2v) is 7.09. The Hall–Kier alpha value is -2.59. The molecule has 146 valence electrons. The lowest BCUT2D eigenvalue weighted by Crippen LogP contribution is -2.48. The fraction of sp³-hybridized carbons (Fsp3) is 0.286. The van der Waals surface area contributed by atoms with Gasteiger partial charge in [-0.15, -0.1) is 12.6 Å². The first-order valence-electron chi connectivity index (χ1n) is 8.77. The number of benzene rings is 2. The summed E-state index contributed by atoms with van der Waals surface area (Å²) >= 11 is 4.20. The van der Waals surface area contributed by atoms with Crippen molar-refractivity contribution in [1.82, 2.24) is 4.90 Å². The molecule has 0 N–H and O–H groups in total. The summed E-state index contributed by atoms with van der Waals surface area (Å²) in [6.45, 7) is 3.54. The third-order valence-electron chi connectivity index (χ3n) is 4.63. The van der Waals surface area contributed by atoms with Crippen LogP contribution < -0.4 is 4.90 Å². The average molecular weight is 404 g/mol. The smallest absolute Gasteiger partial charge is 0.368 e. The lowest BCUT2D eigenvalue weighted by atomic mass is 10.1. The molecule has 1 aliphatic rings. The Kier molecular flexibility index (Phi) is 5.90. The maximum atomic E-state index is 13.0. The van der Waals surface area contributed by atoms with E-state index >= 15 is 0 Å². The second kappa shape index (κ2) is 8.19. The van der Waals surface area contributed by atoms with E-state index in [2.05, 4.69) is 24.5 Å². The van der Waals surface area contributed by atoms with Crippen molar-refractivity contribution in [3.63, 3.8) is 0 Å². The lowest BCUT2D eigenvalue weighted by molar-refractivity contribution is -0.137. The summed E-state index contributed by atoms with van der Waals surface area (Å²) in [5.41, 5.74) is 1.40. The van der Waals surface area contributed by atoms with Gasteiger partial charge in [-0.1, -0.05) is 12.0 Å². The van der Waals surface area contributed by atoms with Gasteiger partial charge >= 0.3 is 6.18 Å². The quantitative estimate of drug-likeness (QED) is 0.574. The molecule has 0 aromatic heterocycles. The van der Waals surface area contributed by atoms with E-state index in [0.717, 1.165) is 22.1 Å². The number of hydrogen-bond donors (Lipinski definition) is 1. The number of hydrogen-bond acceptors (Lipinski definition) is 3. The van der Waals surface area contributed by atoms with Crippen LogP contribution in [0.1, 0.15) is 16.7 Å². The fourth-order valence-corrected chi connectivity index (χ4v) is 3.18. The van der Waals surface area contributed by atoms with Crippen molar-refractivity contribution < 1.29 is 18.0 Å². The number of amides is 1. The Balaban J connectivity index is 1.65. The van der Waals surface area contributed by atoms with Gasteiger partial charge in [0.1, 0.15) is 0 Å². The van der Waals surface area contributed by atoms with E-state index in [-0.39, 0.29) is 5.91 Å². The Morgan fingerprint density at radius 1 is 1.04 bits per heavy atom. The van der Waals surface area contributed by atoms with Crippen LogP contribution in [0, 0.1) is 18.8 Å². The van der Waals surface area contributed by atoms with E-state index in [1.807, 2.05) is 4.90 Å². The maximum absolute atomic E-state index is 13.0. The minimum Gasteiger partial charge on any atom is -0.368 e. The molecule has 0 bridgehead atoms. The van der Waals surface area contributed by atoms with Crippen LogP contribution in [0.5, 0.6) is 0 Å². The molecule has 1 amide bonds. The highest BCUT2D eigenvalue weighted by atomic mass is 32.1. The van der Waals surface area contributed by atoms with E-state index < -0.39 is 11.7 Å². The first kappa shape index (κ1) is 20.2. The first-order chi connectivity index (χ1) is 13.2. The highest BCUT2D eigenvalue weighted by Crippen LogP contribution is 2.33. The fourth-order valence-electron chi connectivity index (χ4n) is 3.03. The van der Waals surface area contributed by atoms with Crippen LogP contribution in [0.2, 0.25) is 0 Å². The Morgan fingerprint density at radius 3 is 2.29 bits per heavy atom. The zero-order chi connectivity index (χ0) is 20.3. The van der Waals surface area contributed by atoms with Crippen LogP contribution in [0.3, 0.4) is 0 Å². The Morgan fingerprint density at radius 2 is 1.68 bits per heavy atom. The molecular weight excluding hydrogens is 385 g/mol. The number of halogens is 3. The minimum atomic E-state index is -4.37. The van der Waals surface area contributed by atoms with Gasteiger partial charge in [-0.3, -0.25) is 4.79 Å². The summed E-state index contributed by atoms with van der Waals surface area (Å²) in [6, 6.07) is 10.9. The van der Waals surface area contributed by atoms with E-state index in [4.69, 9.17) is 0 Å². The number of aryl methyl sites for hydroxylation is 1. The van der Waals surface area contributed by atoms with Gasteiger partial charge in [0.15, 0.2) is 0 Å². The summed E-state index contributed by atoms with van der Waals surface area (Å²) in [6.07, 6.45) is -4.37. The molecule has 0 radical (unpaired) electrons. The van der Waals surface area contributed by atoms with Gasteiger partial charge in [-0.05, 0) is 48.9 Å². The SMILES string of the molecule is Cc1ccc(C(F)(F)F)cc1N1CCN(C(=O)C#Cc2ccc(S)cc2)CC1.